The summed E-state index contributed by atoms with van der Waals surface area (Å²) < 4.78 is 35.7. The minimum absolute atomic E-state index is 0.0693. The Morgan fingerprint density at radius 1 is 0.963 bits per heavy atom. The quantitative estimate of drug-likeness (QED) is 0.136. The molecule has 0 aromatic carbocycles. The largest absolute Gasteiger partial charge is 0.470 e. The molecule has 0 amide bonds. The van der Waals surface area contributed by atoms with Gasteiger partial charge in [0.2, 0.25) is 0 Å². The van der Waals surface area contributed by atoms with Gasteiger partial charge in [-0.2, -0.15) is 0 Å². The average molecular weight is 432 g/mol. The second-order valence-corrected chi connectivity index (χ2v) is 8.68. The molecule has 0 aliphatic carbocycles. The Bertz CT molecular complexity index is 592. The predicted molar refractivity (Wildman–Crippen MR) is 93.4 cm³/mol. The van der Waals surface area contributed by atoms with Crippen LogP contribution in [-0.4, -0.2) is 50.6 Å². The molecule has 0 bridgehead atoms. The summed E-state index contributed by atoms with van der Waals surface area (Å²) in [6.07, 6.45) is 1.15. The monoisotopic (exact) mass is 432 g/mol. The van der Waals surface area contributed by atoms with Crippen molar-refractivity contribution in [3.05, 3.63) is 12.2 Å². The third-order valence-corrected chi connectivity index (χ3v) is 4.91. The van der Waals surface area contributed by atoms with Crippen LogP contribution in [0.2, 0.25) is 0 Å². The van der Waals surface area contributed by atoms with Crippen LogP contribution >= 0.6 is 15.4 Å². The highest BCUT2D eigenvalue weighted by atomic mass is 31.2. The predicted octanol–water partition coefficient (Wildman–Crippen LogP) is 1.60. The summed E-state index contributed by atoms with van der Waals surface area (Å²) in [5.41, 5.74) is 0.268. The standard InChI is InChI=1S/C14H26O11P2/c1-11(2)14(16)24-10-6-7-12(15)23-9-5-3-4-8-13(26(17,18)19)25-27(20,21)22/h13H,1,3-10H2,2H3,(H2,17,18,19)(H2,20,21,22). The number of phosphoric acid groups is 1. The maximum absolute atomic E-state index is 11.5. The van der Waals surface area contributed by atoms with Crippen molar-refractivity contribution in [1.82, 2.24) is 0 Å². The maximum Gasteiger partial charge on any atom is 0.470 e. The van der Waals surface area contributed by atoms with Gasteiger partial charge in [0.1, 0.15) is 0 Å². The smallest absolute Gasteiger partial charge is 0.466 e. The van der Waals surface area contributed by atoms with Crippen molar-refractivity contribution in [3.8, 4) is 0 Å². The first kappa shape index (κ1) is 25.9. The Kier molecular flexibility index (Phi) is 11.9. The highest BCUT2D eigenvalue weighted by Crippen LogP contribution is 2.52. The maximum atomic E-state index is 11.5. The molecule has 0 radical (unpaired) electrons. The molecule has 0 saturated carbocycles. The molecule has 4 N–H and O–H groups in total. The molecule has 0 aromatic rings. The van der Waals surface area contributed by atoms with E-state index in [9.17, 15) is 18.7 Å². The number of ether oxygens (including phenoxy) is 2. The van der Waals surface area contributed by atoms with Gasteiger partial charge in [0.15, 0.2) is 5.85 Å². The summed E-state index contributed by atoms with van der Waals surface area (Å²) in [5.74, 6) is -2.89. The van der Waals surface area contributed by atoms with Gasteiger partial charge < -0.3 is 29.0 Å². The molecular weight excluding hydrogens is 406 g/mol. The number of rotatable bonds is 14. The molecule has 0 aromatic heterocycles. The fourth-order valence-corrected chi connectivity index (χ4v) is 3.60. The Labute approximate surface area is 157 Å². The molecule has 27 heavy (non-hydrogen) atoms. The van der Waals surface area contributed by atoms with E-state index in [1.54, 1.807) is 0 Å². The topological polar surface area (TPSA) is 177 Å². The lowest BCUT2D eigenvalue weighted by molar-refractivity contribution is -0.146. The summed E-state index contributed by atoms with van der Waals surface area (Å²) >= 11 is 0. The van der Waals surface area contributed by atoms with Crippen LogP contribution in [0.15, 0.2) is 12.2 Å². The van der Waals surface area contributed by atoms with E-state index >= 15 is 0 Å². The molecule has 0 fully saturated rings. The molecule has 0 aliphatic rings. The molecule has 13 heteroatoms. The minimum Gasteiger partial charge on any atom is -0.466 e. The van der Waals surface area contributed by atoms with Gasteiger partial charge in [-0.05, 0) is 32.6 Å². The van der Waals surface area contributed by atoms with Crippen molar-refractivity contribution < 1.29 is 52.3 Å². The van der Waals surface area contributed by atoms with Crippen molar-refractivity contribution in [3.63, 3.8) is 0 Å². The van der Waals surface area contributed by atoms with Gasteiger partial charge in [-0.3, -0.25) is 13.9 Å². The number of phosphoric ester groups is 1. The first-order valence-electron chi connectivity index (χ1n) is 8.10. The second kappa shape index (κ2) is 12.4. The van der Waals surface area contributed by atoms with Crippen LogP contribution in [0, 0.1) is 0 Å². The van der Waals surface area contributed by atoms with Gasteiger partial charge in [0, 0.05) is 12.0 Å². The molecule has 0 spiro atoms. The van der Waals surface area contributed by atoms with Crippen molar-refractivity contribution in [2.75, 3.05) is 13.2 Å². The molecule has 0 saturated heterocycles. The van der Waals surface area contributed by atoms with Crippen molar-refractivity contribution in [2.24, 2.45) is 0 Å². The lowest BCUT2D eigenvalue weighted by Gasteiger charge is -2.19. The van der Waals surface area contributed by atoms with E-state index in [0.717, 1.165) is 0 Å². The van der Waals surface area contributed by atoms with E-state index < -0.39 is 33.2 Å². The average Bonchev–Trinajstić information content (AvgIpc) is 2.51. The van der Waals surface area contributed by atoms with Crippen LogP contribution in [0.4, 0.5) is 0 Å². The van der Waals surface area contributed by atoms with Gasteiger partial charge in [-0.15, -0.1) is 0 Å². The number of esters is 2. The van der Waals surface area contributed by atoms with E-state index in [-0.39, 0.29) is 38.0 Å². The number of carbonyl (C=O) groups excluding carboxylic acids is 2. The number of hydrogen-bond acceptors (Lipinski definition) is 7. The van der Waals surface area contributed by atoms with Crippen molar-refractivity contribution in [2.45, 2.75) is 51.3 Å². The van der Waals surface area contributed by atoms with E-state index in [2.05, 4.69) is 11.1 Å². The fraction of sp³-hybridized carbons (Fsp3) is 0.714. The third kappa shape index (κ3) is 14.6. The van der Waals surface area contributed by atoms with Gasteiger partial charge >= 0.3 is 27.4 Å². The molecule has 1 unspecified atom stereocenters. The molecular formula is C14H26O11P2. The minimum atomic E-state index is -5.02. The van der Waals surface area contributed by atoms with Crippen LogP contribution in [0.3, 0.4) is 0 Å². The summed E-state index contributed by atoms with van der Waals surface area (Å²) in [6, 6.07) is 0. The lowest BCUT2D eigenvalue weighted by atomic mass is 10.2. The van der Waals surface area contributed by atoms with Gasteiger partial charge in [0.05, 0.1) is 13.2 Å². The van der Waals surface area contributed by atoms with Crippen LogP contribution < -0.4 is 0 Å². The van der Waals surface area contributed by atoms with E-state index in [1.165, 1.54) is 6.92 Å². The van der Waals surface area contributed by atoms with E-state index in [4.69, 9.17) is 29.0 Å². The molecule has 0 rings (SSSR count). The van der Waals surface area contributed by atoms with Crippen LogP contribution in [0.1, 0.15) is 45.4 Å². The van der Waals surface area contributed by atoms with Crippen molar-refractivity contribution in [1.29, 1.82) is 0 Å². The number of hydrogen-bond donors (Lipinski definition) is 4. The third-order valence-electron chi connectivity index (χ3n) is 3.10. The van der Waals surface area contributed by atoms with Crippen molar-refractivity contribution >= 4 is 27.4 Å². The first-order chi connectivity index (χ1) is 12.3. The Hall–Kier alpha value is -1.06. The van der Waals surface area contributed by atoms with Gasteiger partial charge in [0.25, 0.3) is 0 Å². The highest BCUT2D eigenvalue weighted by Gasteiger charge is 2.35. The Morgan fingerprint density at radius 2 is 1.56 bits per heavy atom. The Balaban J connectivity index is 3.87. The summed E-state index contributed by atoms with van der Waals surface area (Å²) in [7, 11) is -9.83. The number of carbonyl (C=O) groups is 2. The molecule has 0 heterocycles. The lowest BCUT2D eigenvalue weighted by Crippen LogP contribution is -2.12. The molecule has 1 atom stereocenters. The van der Waals surface area contributed by atoms with Crippen LogP contribution in [0.5, 0.6) is 0 Å². The van der Waals surface area contributed by atoms with E-state index in [0.29, 0.717) is 19.3 Å². The van der Waals surface area contributed by atoms with Crippen LogP contribution in [-0.2, 0) is 32.7 Å². The number of unbranched alkanes of at least 4 members (excludes halogenated alkanes) is 2. The van der Waals surface area contributed by atoms with Gasteiger partial charge in [-0.1, -0.05) is 13.0 Å². The Morgan fingerprint density at radius 3 is 2.07 bits per heavy atom. The van der Waals surface area contributed by atoms with E-state index in [1.807, 2.05) is 0 Å². The SMILES string of the molecule is C=C(C)C(=O)OCCCC(=O)OCCCCCC(OP(=O)(O)O)P(=O)(O)O. The molecule has 11 nitrogen and oxygen atoms in total. The van der Waals surface area contributed by atoms with Gasteiger partial charge in [-0.25, -0.2) is 9.36 Å². The summed E-state index contributed by atoms with van der Waals surface area (Å²) in [5, 5.41) is 0. The first-order valence-corrected chi connectivity index (χ1v) is 11.3. The fourth-order valence-electron chi connectivity index (χ4n) is 1.80. The zero-order valence-electron chi connectivity index (χ0n) is 15.0. The zero-order valence-corrected chi connectivity index (χ0v) is 16.8. The second-order valence-electron chi connectivity index (χ2n) is 5.73. The molecule has 0 aliphatic heterocycles. The highest BCUT2D eigenvalue weighted by molar-refractivity contribution is 7.53. The normalized spacial score (nSPS) is 13.1. The molecule has 158 valence electrons. The summed E-state index contributed by atoms with van der Waals surface area (Å²) in [4.78, 5) is 57.9. The van der Waals surface area contributed by atoms with Crippen LogP contribution in [0.25, 0.3) is 0 Å². The summed E-state index contributed by atoms with van der Waals surface area (Å²) in [6.45, 7) is 5.09. The zero-order chi connectivity index (χ0) is 21.1.